The standard InChI is InChI=1S/C19H28N2O3/c1-3-5-16(20)12-15-6-4-7-18(24-2)17(15)10-8-14(13-22)9-11-19(21)23/h3-7,13-14,16H,8-12,20H2,1-2H3,(H2,21,23)/b5-3-. The monoisotopic (exact) mass is 332 g/mol. The quantitative estimate of drug-likeness (QED) is 0.479. The molecule has 0 bridgehead atoms. The van der Waals surface area contributed by atoms with Crippen LogP contribution in [-0.2, 0) is 22.4 Å². The van der Waals surface area contributed by atoms with Gasteiger partial charge in [0, 0.05) is 18.4 Å². The second kappa shape index (κ2) is 10.6. The molecule has 1 aromatic carbocycles. The summed E-state index contributed by atoms with van der Waals surface area (Å²) in [6, 6.07) is 5.85. The van der Waals surface area contributed by atoms with Crippen LogP contribution < -0.4 is 16.2 Å². The first-order chi connectivity index (χ1) is 11.5. The van der Waals surface area contributed by atoms with Crippen molar-refractivity contribution in [3.8, 4) is 5.75 Å². The van der Waals surface area contributed by atoms with Crippen molar-refractivity contribution in [3.63, 3.8) is 0 Å². The fourth-order valence-electron chi connectivity index (χ4n) is 2.78. The Hall–Kier alpha value is -2.14. The molecule has 0 saturated carbocycles. The van der Waals surface area contributed by atoms with Gasteiger partial charge in [0.05, 0.1) is 7.11 Å². The molecule has 2 unspecified atom stereocenters. The number of hydrogen-bond donors (Lipinski definition) is 2. The Labute approximate surface area is 144 Å². The summed E-state index contributed by atoms with van der Waals surface area (Å²) < 4.78 is 5.47. The number of allylic oxidation sites excluding steroid dienone is 1. The van der Waals surface area contributed by atoms with E-state index in [1.54, 1.807) is 7.11 Å². The number of ether oxygens (including phenoxy) is 1. The maximum atomic E-state index is 11.2. The summed E-state index contributed by atoms with van der Waals surface area (Å²) in [5.41, 5.74) is 13.5. The second-order valence-electron chi connectivity index (χ2n) is 5.93. The van der Waals surface area contributed by atoms with Crippen LogP contribution >= 0.6 is 0 Å². The zero-order chi connectivity index (χ0) is 17.9. The third-order valence-electron chi connectivity index (χ3n) is 4.06. The Morgan fingerprint density at radius 2 is 2.08 bits per heavy atom. The molecule has 4 N–H and O–H groups in total. The maximum Gasteiger partial charge on any atom is 0.217 e. The number of carbonyl (C=O) groups excluding carboxylic acids is 2. The van der Waals surface area contributed by atoms with Gasteiger partial charge in [-0.3, -0.25) is 4.79 Å². The number of aldehydes is 1. The highest BCUT2D eigenvalue weighted by Gasteiger charge is 2.15. The van der Waals surface area contributed by atoms with Gasteiger partial charge in [0.15, 0.2) is 0 Å². The molecular weight excluding hydrogens is 304 g/mol. The average molecular weight is 332 g/mol. The number of carbonyl (C=O) groups is 2. The number of rotatable bonds is 11. The van der Waals surface area contributed by atoms with Gasteiger partial charge in [0.25, 0.3) is 0 Å². The van der Waals surface area contributed by atoms with Gasteiger partial charge in [-0.1, -0.05) is 24.3 Å². The normalized spacial score (nSPS) is 13.6. The number of primary amides is 1. The van der Waals surface area contributed by atoms with Gasteiger partial charge in [0.2, 0.25) is 5.91 Å². The third kappa shape index (κ3) is 6.54. The van der Waals surface area contributed by atoms with E-state index in [4.69, 9.17) is 16.2 Å². The summed E-state index contributed by atoms with van der Waals surface area (Å²) >= 11 is 0. The lowest BCUT2D eigenvalue weighted by atomic mass is 9.91. The van der Waals surface area contributed by atoms with Crippen LogP contribution in [0.3, 0.4) is 0 Å². The molecule has 132 valence electrons. The highest BCUT2D eigenvalue weighted by Crippen LogP contribution is 2.26. The number of benzene rings is 1. The molecule has 24 heavy (non-hydrogen) atoms. The van der Waals surface area contributed by atoms with Crippen LogP contribution in [0.25, 0.3) is 0 Å². The lowest BCUT2D eigenvalue weighted by Gasteiger charge is -2.17. The zero-order valence-electron chi connectivity index (χ0n) is 14.5. The van der Waals surface area contributed by atoms with Crippen molar-refractivity contribution < 1.29 is 14.3 Å². The molecule has 2 atom stereocenters. The Morgan fingerprint density at radius 3 is 2.67 bits per heavy atom. The molecule has 0 heterocycles. The molecule has 0 radical (unpaired) electrons. The number of nitrogens with two attached hydrogens (primary N) is 2. The Balaban J connectivity index is 2.87. The molecule has 0 aliphatic heterocycles. The van der Waals surface area contributed by atoms with Gasteiger partial charge in [-0.25, -0.2) is 0 Å². The van der Waals surface area contributed by atoms with Gasteiger partial charge >= 0.3 is 0 Å². The predicted molar refractivity (Wildman–Crippen MR) is 95.8 cm³/mol. The minimum atomic E-state index is -0.378. The minimum Gasteiger partial charge on any atom is -0.496 e. The summed E-state index contributed by atoms with van der Waals surface area (Å²) in [4.78, 5) is 22.1. The van der Waals surface area contributed by atoms with Crippen molar-refractivity contribution in [1.82, 2.24) is 0 Å². The van der Waals surface area contributed by atoms with Gasteiger partial charge in [-0.05, 0) is 49.8 Å². The van der Waals surface area contributed by atoms with E-state index in [-0.39, 0.29) is 24.3 Å². The molecule has 0 aliphatic carbocycles. The summed E-state index contributed by atoms with van der Waals surface area (Å²) in [5, 5.41) is 0. The van der Waals surface area contributed by atoms with Gasteiger partial charge < -0.3 is 21.0 Å². The molecule has 0 aromatic heterocycles. The highest BCUT2D eigenvalue weighted by atomic mass is 16.5. The molecule has 0 spiro atoms. The first-order valence-corrected chi connectivity index (χ1v) is 8.28. The largest absolute Gasteiger partial charge is 0.496 e. The van der Waals surface area contributed by atoms with E-state index in [2.05, 4.69) is 0 Å². The Bertz CT molecular complexity index is 570. The molecule has 0 aliphatic rings. The molecule has 5 nitrogen and oxygen atoms in total. The van der Waals surface area contributed by atoms with Crippen LogP contribution in [0.5, 0.6) is 5.75 Å². The maximum absolute atomic E-state index is 11.2. The average Bonchev–Trinajstić information content (AvgIpc) is 2.55. The lowest BCUT2D eigenvalue weighted by molar-refractivity contribution is -0.118. The molecule has 0 saturated heterocycles. The molecule has 0 fully saturated rings. The summed E-state index contributed by atoms with van der Waals surface area (Å²) in [6.07, 6.45) is 7.59. The topological polar surface area (TPSA) is 95.4 Å². The van der Waals surface area contributed by atoms with E-state index >= 15 is 0 Å². The van der Waals surface area contributed by atoms with Gasteiger partial charge in [-0.15, -0.1) is 0 Å². The molecule has 1 rings (SSSR count). The van der Waals surface area contributed by atoms with E-state index in [0.29, 0.717) is 25.7 Å². The molecular formula is C19H28N2O3. The first-order valence-electron chi connectivity index (χ1n) is 8.28. The van der Waals surface area contributed by atoms with E-state index in [0.717, 1.165) is 23.2 Å². The van der Waals surface area contributed by atoms with E-state index < -0.39 is 0 Å². The fourth-order valence-corrected chi connectivity index (χ4v) is 2.78. The van der Waals surface area contributed by atoms with Crippen LogP contribution in [0.15, 0.2) is 30.4 Å². The molecule has 5 heteroatoms. The van der Waals surface area contributed by atoms with E-state index in [9.17, 15) is 9.59 Å². The third-order valence-corrected chi connectivity index (χ3v) is 4.06. The first kappa shape index (κ1) is 19.9. The van der Waals surface area contributed by atoms with Crippen LogP contribution in [0.1, 0.15) is 37.3 Å². The minimum absolute atomic E-state index is 0.0578. The summed E-state index contributed by atoms with van der Waals surface area (Å²) in [7, 11) is 1.64. The molecule has 1 aromatic rings. The SMILES string of the molecule is C/C=C\C(N)Cc1cccc(OC)c1CCC(C=O)CCC(N)=O. The smallest absolute Gasteiger partial charge is 0.217 e. The van der Waals surface area contributed by atoms with Crippen LogP contribution in [-0.4, -0.2) is 25.3 Å². The van der Waals surface area contributed by atoms with Crippen molar-refractivity contribution >= 4 is 12.2 Å². The van der Waals surface area contributed by atoms with Crippen molar-refractivity contribution in [3.05, 3.63) is 41.5 Å². The van der Waals surface area contributed by atoms with E-state index in [1.807, 2.05) is 37.3 Å². The van der Waals surface area contributed by atoms with Crippen molar-refractivity contribution in [2.24, 2.45) is 17.4 Å². The highest BCUT2D eigenvalue weighted by molar-refractivity contribution is 5.74. The van der Waals surface area contributed by atoms with Crippen molar-refractivity contribution in [2.45, 2.75) is 45.1 Å². The van der Waals surface area contributed by atoms with Crippen molar-refractivity contribution in [2.75, 3.05) is 7.11 Å². The predicted octanol–water partition coefficient (Wildman–Crippen LogP) is 2.15. The number of methoxy groups -OCH3 is 1. The van der Waals surface area contributed by atoms with Gasteiger partial charge in [-0.2, -0.15) is 0 Å². The van der Waals surface area contributed by atoms with Crippen LogP contribution in [0.4, 0.5) is 0 Å². The Morgan fingerprint density at radius 1 is 1.33 bits per heavy atom. The summed E-state index contributed by atoms with van der Waals surface area (Å²) in [5.74, 6) is 0.247. The second-order valence-corrected chi connectivity index (χ2v) is 5.93. The number of amides is 1. The van der Waals surface area contributed by atoms with Crippen molar-refractivity contribution in [1.29, 1.82) is 0 Å². The van der Waals surface area contributed by atoms with E-state index in [1.165, 1.54) is 0 Å². The zero-order valence-corrected chi connectivity index (χ0v) is 14.5. The lowest BCUT2D eigenvalue weighted by Crippen LogP contribution is -2.21. The molecule has 1 amide bonds. The number of hydrogen-bond acceptors (Lipinski definition) is 4. The Kier molecular flexibility index (Phi) is 8.79. The van der Waals surface area contributed by atoms with Gasteiger partial charge in [0.1, 0.15) is 12.0 Å². The van der Waals surface area contributed by atoms with Crippen LogP contribution in [0, 0.1) is 5.92 Å². The fraction of sp³-hybridized carbons (Fsp3) is 0.474. The van der Waals surface area contributed by atoms with Crippen LogP contribution in [0.2, 0.25) is 0 Å². The summed E-state index contributed by atoms with van der Waals surface area (Å²) in [6.45, 7) is 1.94.